The maximum Gasteiger partial charge on any atom is 0.351 e. The third-order valence-corrected chi connectivity index (χ3v) is 3.68. The molecule has 1 aromatic heterocycles. The molecule has 0 bridgehead atoms. The third kappa shape index (κ3) is 2.83. The van der Waals surface area contributed by atoms with Crippen molar-refractivity contribution in [2.75, 3.05) is 14.2 Å². The molecule has 0 radical (unpaired) electrons. The van der Waals surface area contributed by atoms with Crippen molar-refractivity contribution < 1.29 is 24.5 Å². The van der Waals surface area contributed by atoms with Crippen molar-refractivity contribution in [1.29, 1.82) is 0 Å². The number of methoxy groups -OCH3 is 2. The van der Waals surface area contributed by atoms with Gasteiger partial charge in [-0.3, -0.25) is 0 Å². The molecule has 0 unspecified atom stereocenters. The van der Waals surface area contributed by atoms with E-state index in [4.69, 9.17) is 14.6 Å². The van der Waals surface area contributed by atoms with Gasteiger partial charge in [-0.1, -0.05) is 6.07 Å². The number of hydrogen-bond donors (Lipinski definition) is 2. The molecule has 2 N–H and O–H groups in total. The average molecular weight is 295 g/mol. The predicted molar refractivity (Wildman–Crippen MR) is 73.1 cm³/mol. The van der Waals surface area contributed by atoms with E-state index < -0.39 is 11.8 Å². The number of aromatic nitrogens is 1. The van der Waals surface area contributed by atoms with Crippen LogP contribution in [0.4, 0.5) is 0 Å². The zero-order valence-electron chi connectivity index (χ0n) is 10.9. The smallest absolute Gasteiger partial charge is 0.351 e. The van der Waals surface area contributed by atoms with Crippen LogP contribution in [0, 0.1) is 0 Å². The molecular formula is C13H13NO5S. The van der Waals surface area contributed by atoms with Gasteiger partial charge in [0.1, 0.15) is 5.01 Å². The topological polar surface area (TPSA) is 88.9 Å². The van der Waals surface area contributed by atoms with Crippen LogP contribution in [-0.2, 0) is 6.42 Å². The fourth-order valence-corrected chi connectivity index (χ4v) is 2.57. The largest absolute Gasteiger partial charge is 0.493 e. The van der Waals surface area contributed by atoms with Crippen LogP contribution in [0.5, 0.6) is 17.4 Å². The van der Waals surface area contributed by atoms with Gasteiger partial charge >= 0.3 is 5.97 Å². The van der Waals surface area contributed by atoms with E-state index in [1.165, 1.54) is 0 Å². The van der Waals surface area contributed by atoms with Gasteiger partial charge in [-0.15, -0.1) is 11.3 Å². The van der Waals surface area contributed by atoms with Crippen molar-refractivity contribution in [1.82, 2.24) is 4.98 Å². The van der Waals surface area contributed by atoms with E-state index in [0.29, 0.717) is 22.9 Å². The minimum absolute atomic E-state index is 0.152. The Morgan fingerprint density at radius 3 is 2.55 bits per heavy atom. The van der Waals surface area contributed by atoms with Crippen LogP contribution in [0.25, 0.3) is 0 Å². The molecule has 106 valence electrons. The Bertz CT molecular complexity index is 638. The molecule has 7 heteroatoms. The number of carboxylic acid groups (broad SMARTS) is 1. The molecule has 2 rings (SSSR count). The van der Waals surface area contributed by atoms with Crippen LogP contribution < -0.4 is 9.47 Å². The number of benzene rings is 1. The number of hydrogen-bond acceptors (Lipinski definition) is 6. The molecule has 0 saturated heterocycles. The van der Waals surface area contributed by atoms with Gasteiger partial charge in [0.2, 0.25) is 5.88 Å². The van der Waals surface area contributed by atoms with E-state index in [-0.39, 0.29) is 4.88 Å². The minimum atomic E-state index is -1.18. The number of ether oxygens (including phenoxy) is 2. The van der Waals surface area contributed by atoms with Crippen molar-refractivity contribution in [3.05, 3.63) is 33.6 Å². The summed E-state index contributed by atoms with van der Waals surface area (Å²) in [6, 6.07) is 5.39. The van der Waals surface area contributed by atoms with Crippen LogP contribution in [-0.4, -0.2) is 35.4 Å². The van der Waals surface area contributed by atoms with Gasteiger partial charge in [0.15, 0.2) is 16.4 Å². The van der Waals surface area contributed by atoms with Crippen molar-refractivity contribution in [3.8, 4) is 17.4 Å². The molecule has 0 saturated carbocycles. The molecule has 0 spiro atoms. The molecule has 0 aliphatic rings. The number of thiazole rings is 1. The van der Waals surface area contributed by atoms with E-state index in [0.717, 1.165) is 16.9 Å². The summed E-state index contributed by atoms with van der Waals surface area (Å²) in [4.78, 5) is 14.5. The fourth-order valence-electron chi connectivity index (χ4n) is 1.74. The van der Waals surface area contributed by atoms with Gasteiger partial charge in [0.25, 0.3) is 0 Å². The first-order valence-corrected chi connectivity index (χ1v) is 6.49. The van der Waals surface area contributed by atoms with Gasteiger partial charge in [0.05, 0.1) is 14.2 Å². The number of aromatic carboxylic acids is 1. The molecule has 20 heavy (non-hydrogen) atoms. The lowest BCUT2D eigenvalue weighted by molar-refractivity contribution is 0.0699. The number of rotatable bonds is 5. The quantitative estimate of drug-likeness (QED) is 0.878. The van der Waals surface area contributed by atoms with E-state index in [2.05, 4.69) is 4.98 Å². The van der Waals surface area contributed by atoms with Crippen molar-refractivity contribution in [2.45, 2.75) is 6.42 Å². The Morgan fingerprint density at radius 2 is 2.00 bits per heavy atom. The molecule has 1 heterocycles. The lowest BCUT2D eigenvalue weighted by Crippen LogP contribution is -1.93. The first kappa shape index (κ1) is 14.1. The summed E-state index contributed by atoms with van der Waals surface area (Å²) in [7, 11) is 3.09. The van der Waals surface area contributed by atoms with Gasteiger partial charge < -0.3 is 19.7 Å². The zero-order chi connectivity index (χ0) is 14.7. The molecular weight excluding hydrogens is 282 g/mol. The zero-order valence-corrected chi connectivity index (χ0v) is 11.7. The van der Waals surface area contributed by atoms with E-state index in [1.54, 1.807) is 26.4 Å². The predicted octanol–water partition coefficient (Wildman–Crippen LogP) is 2.15. The highest BCUT2D eigenvalue weighted by Gasteiger charge is 2.17. The number of carboxylic acids is 1. The van der Waals surface area contributed by atoms with E-state index in [1.807, 2.05) is 6.07 Å². The lowest BCUT2D eigenvalue weighted by atomic mass is 10.1. The van der Waals surface area contributed by atoms with Gasteiger partial charge in [-0.2, -0.15) is 0 Å². The SMILES string of the molecule is COc1ccc(Cc2nc(O)c(C(=O)O)s2)cc1OC. The summed E-state index contributed by atoms with van der Waals surface area (Å²) in [6.07, 6.45) is 0.409. The van der Waals surface area contributed by atoms with Crippen LogP contribution in [0.15, 0.2) is 18.2 Å². The molecule has 6 nitrogen and oxygen atoms in total. The van der Waals surface area contributed by atoms with E-state index >= 15 is 0 Å². The second kappa shape index (κ2) is 5.79. The summed E-state index contributed by atoms with van der Waals surface area (Å²) >= 11 is 0.953. The summed E-state index contributed by atoms with van der Waals surface area (Å²) in [5, 5.41) is 18.8. The molecule has 0 aliphatic heterocycles. The highest BCUT2D eigenvalue weighted by atomic mass is 32.1. The lowest BCUT2D eigenvalue weighted by Gasteiger charge is -2.08. The Balaban J connectivity index is 2.26. The normalized spacial score (nSPS) is 10.3. The molecule has 2 aromatic rings. The summed E-state index contributed by atoms with van der Waals surface area (Å²) in [5.41, 5.74) is 0.883. The maximum atomic E-state index is 10.8. The third-order valence-electron chi connectivity index (χ3n) is 2.65. The first-order valence-electron chi connectivity index (χ1n) is 5.68. The maximum absolute atomic E-state index is 10.8. The fraction of sp³-hybridized carbons (Fsp3) is 0.231. The Morgan fingerprint density at radius 1 is 1.30 bits per heavy atom. The average Bonchev–Trinajstić information content (AvgIpc) is 2.79. The summed E-state index contributed by atoms with van der Waals surface area (Å²) < 4.78 is 10.3. The van der Waals surface area contributed by atoms with Crippen LogP contribution in [0.2, 0.25) is 0 Å². The van der Waals surface area contributed by atoms with Crippen LogP contribution in [0.1, 0.15) is 20.2 Å². The molecule has 0 fully saturated rings. The number of aromatic hydroxyl groups is 1. The summed E-state index contributed by atoms with van der Waals surface area (Å²) in [6.45, 7) is 0. The second-order valence-electron chi connectivity index (χ2n) is 3.93. The summed E-state index contributed by atoms with van der Waals surface area (Å²) in [5.74, 6) is -0.426. The van der Waals surface area contributed by atoms with Gasteiger partial charge in [-0.05, 0) is 17.7 Å². The highest BCUT2D eigenvalue weighted by molar-refractivity contribution is 7.13. The van der Waals surface area contributed by atoms with Crippen molar-refractivity contribution >= 4 is 17.3 Å². The van der Waals surface area contributed by atoms with Crippen LogP contribution >= 0.6 is 11.3 Å². The molecule has 0 atom stereocenters. The number of carbonyl (C=O) groups is 1. The molecule has 0 aliphatic carbocycles. The standard InChI is InChI=1S/C13H13NO5S/c1-18-8-4-3-7(5-9(8)19-2)6-10-14-12(15)11(20-10)13(16)17/h3-5,15H,6H2,1-2H3,(H,16,17). The monoisotopic (exact) mass is 295 g/mol. The first-order chi connectivity index (χ1) is 9.55. The molecule has 0 amide bonds. The highest BCUT2D eigenvalue weighted by Crippen LogP contribution is 2.30. The van der Waals surface area contributed by atoms with E-state index in [9.17, 15) is 9.90 Å². The second-order valence-corrected chi connectivity index (χ2v) is 5.02. The van der Waals surface area contributed by atoms with Crippen molar-refractivity contribution in [3.63, 3.8) is 0 Å². The van der Waals surface area contributed by atoms with Crippen LogP contribution in [0.3, 0.4) is 0 Å². The van der Waals surface area contributed by atoms with Gasteiger partial charge in [-0.25, -0.2) is 9.78 Å². The Labute approximate surface area is 119 Å². The van der Waals surface area contributed by atoms with Crippen molar-refractivity contribution in [2.24, 2.45) is 0 Å². The number of nitrogens with zero attached hydrogens (tertiary/aromatic N) is 1. The minimum Gasteiger partial charge on any atom is -0.493 e. The molecule has 1 aromatic carbocycles. The Kier molecular flexibility index (Phi) is 4.09. The Hall–Kier alpha value is -2.28. The van der Waals surface area contributed by atoms with Gasteiger partial charge in [0, 0.05) is 6.42 Å².